The smallest absolute Gasteiger partial charge is 0.248 e. The maximum absolute atomic E-state index is 13.7. The van der Waals surface area contributed by atoms with Crippen LogP contribution in [-0.4, -0.2) is 28.7 Å². The Balaban J connectivity index is 1.34. The second-order valence-corrected chi connectivity index (χ2v) is 10.4. The van der Waals surface area contributed by atoms with E-state index in [-0.39, 0.29) is 41.9 Å². The number of carbonyl (C=O) groups excluding carboxylic acids is 3. The lowest BCUT2D eigenvalue weighted by Gasteiger charge is -2.37. The van der Waals surface area contributed by atoms with Gasteiger partial charge in [0.25, 0.3) is 0 Å². The molecule has 2 bridgehead atoms. The van der Waals surface area contributed by atoms with Crippen LogP contribution in [-0.2, 0) is 20.8 Å². The molecule has 2 aromatic carbocycles. The molecule has 7 atom stereocenters. The second-order valence-electron chi connectivity index (χ2n) is 9.52. The number of nitrogens with zero attached hydrogens (tertiary/aromatic N) is 1. The number of hydrogen-bond acceptors (Lipinski definition) is 3. The van der Waals surface area contributed by atoms with Crippen LogP contribution in [0.1, 0.15) is 12.0 Å². The summed E-state index contributed by atoms with van der Waals surface area (Å²) in [6.07, 6.45) is 5.59. The minimum atomic E-state index is -0.969. The van der Waals surface area contributed by atoms with Crippen LogP contribution in [0.4, 0.5) is 5.69 Å². The zero-order valence-electron chi connectivity index (χ0n) is 17.7. The molecule has 3 amide bonds. The molecule has 1 heterocycles. The molecule has 2 saturated carbocycles. The monoisotopic (exact) mass is 480 g/mol. The number of benzene rings is 2. The first-order valence-electron chi connectivity index (χ1n) is 11.3. The zero-order valence-corrected chi connectivity index (χ0v) is 19.2. The van der Waals surface area contributed by atoms with Gasteiger partial charge in [-0.25, -0.2) is 0 Å². The van der Waals surface area contributed by atoms with Gasteiger partial charge in [-0.2, -0.15) is 0 Å². The van der Waals surface area contributed by atoms with Crippen molar-refractivity contribution in [2.45, 2.75) is 18.9 Å². The SMILES string of the molecule is O=C(Nc1cc(Cl)ccc1Cl)[C@@H](Cc1ccccc1)N1C(=O)[C@@H]2[C@@H]3C=C[C@H]([C@H]4C[C@H]34)[C@@H]2C1=O. The van der Waals surface area contributed by atoms with E-state index in [2.05, 4.69) is 17.5 Å². The lowest BCUT2D eigenvalue weighted by atomic mass is 9.63. The van der Waals surface area contributed by atoms with Gasteiger partial charge in [0, 0.05) is 11.4 Å². The highest BCUT2D eigenvalue weighted by Gasteiger charge is 2.67. The summed E-state index contributed by atoms with van der Waals surface area (Å²) in [5.41, 5.74) is 1.22. The maximum atomic E-state index is 13.7. The van der Waals surface area contributed by atoms with Crippen molar-refractivity contribution in [3.05, 3.63) is 76.3 Å². The van der Waals surface area contributed by atoms with Gasteiger partial charge in [0.2, 0.25) is 17.7 Å². The van der Waals surface area contributed by atoms with Gasteiger partial charge in [-0.05, 0) is 53.9 Å². The third-order valence-electron chi connectivity index (χ3n) is 7.77. The number of amides is 3. The standard InChI is InChI=1S/C26H22Cl2N2O3/c27-14-6-9-19(28)20(11-14)29-24(31)21(10-13-4-2-1-3-5-13)30-25(32)22-15-7-8-16(18-12-17(15)18)23(22)26(30)33/h1-9,11,15-18,21-23H,10,12H2,(H,29,31)/t15-,16-,17-,18-,21-,22-,23+/m1/s1. The highest BCUT2D eigenvalue weighted by molar-refractivity contribution is 6.35. The Kier molecular flexibility index (Phi) is 4.89. The summed E-state index contributed by atoms with van der Waals surface area (Å²) in [5, 5.41) is 3.57. The molecule has 33 heavy (non-hydrogen) atoms. The fourth-order valence-electron chi connectivity index (χ4n) is 6.24. The first-order valence-corrected chi connectivity index (χ1v) is 12.0. The Hall–Kier alpha value is -2.63. The van der Waals surface area contributed by atoms with Crippen LogP contribution in [0.5, 0.6) is 0 Å². The molecule has 1 aliphatic heterocycles. The van der Waals surface area contributed by atoms with Gasteiger partial charge in [-0.3, -0.25) is 19.3 Å². The average Bonchev–Trinajstić information content (AvgIpc) is 3.59. The quantitative estimate of drug-likeness (QED) is 0.502. The van der Waals surface area contributed by atoms with Crippen LogP contribution in [0, 0.1) is 35.5 Å². The fraction of sp³-hybridized carbons (Fsp3) is 0.346. The van der Waals surface area contributed by atoms with Crippen LogP contribution in [0.2, 0.25) is 10.0 Å². The number of likely N-dealkylation sites (tertiary alicyclic amines) is 1. The Morgan fingerprint density at radius 1 is 0.970 bits per heavy atom. The maximum Gasteiger partial charge on any atom is 0.248 e. The Bertz CT molecular complexity index is 1160. The van der Waals surface area contributed by atoms with E-state index in [0.29, 0.717) is 27.6 Å². The molecule has 2 aromatic rings. The van der Waals surface area contributed by atoms with E-state index in [4.69, 9.17) is 23.2 Å². The third-order valence-corrected chi connectivity index (χ3v) is 8.33. The average molecular weight is 481 g/mol. The molecule has 7 heteroatoms. The fourth-order valence-corrected chi connectivity index (χ4v) is 6.57. The molecule has 5 aliphatic rings. The van der Waals surface area contributed by atoms with Gasteiger partial charge in [0.1, 0.15) is 6.04 Å². The van der Waals surface area contributed by atoms with Crippen LogP contribution in [0.3, 0.4) is 0 Å². The first kappa shape index (κ1) is 20.9. The number of imide groups is 1. The van der Waals surface area contributed by atoms with Crippen LogP contribution < -0.4 is 5.32 Å². The Morgan fingerprint density at radius 3 is 2.24 bits per heavy atom. The van der Waals surface area contributed by atoms with Gasteiger partial charge < -0.3 is 5.32 Å². The number of carbonyl (C=O) groups is 3. The minimum absolute atomic E-state index is 0.106. The lowest BCUT2D eigenvalue weighted by Crippen LogP contribution is -2.49. The predicted octanol–water partition coefficient (Wildman–Crippen LogP) is 4.60. The van der Waals surface area contributed by atoms with Crippen LogP contribution in [0.15, 0.2) is 60.7 Å². The molecule has 0 spiro atoms. The summed E-state index contributed by atoms with van der Waals surface area (Å²) in [6, 6.07) is 13.3. The van der Waals surface area contributed by atoms with Gasteiger partial charge in [0.15, 0.2) is 0 Å². The van der Waals surface area contributed by atoms with E-state index in [1.54, 1.807) is 18.2 Å². The molecular formula is C26H22Cl2N2O3. The largest absolute Gasteiger partial charge is 0.323 e. The molecule has 0 radical (unpaired) electrons. The van der Waals surface area contributed by atoms with Crippen molar-refractivity contribution in [3.8, 4) is 0 Å². The number of allylic oxidation sites excluding steroid dienone is 2. The summed E-state index contributed by atoms with van der Waals surface area (Å²) in [4.78, 5) is 42.1. The van der Waals surface area contributed by atoms with E-state index in [9.17, 15) is 14.4 Å². The van der Waals surface area contributed by atoms with Crippen molar-refractivity contribution in [1.29, 1.82) is 0 Å². The number of rotatable bonds is 5. The van der Waals surface area contributed by atoms with Crippen molar-refractivity contribution in [3.63, 3.8) is 0 Å². The Morgan fingerprint density at radius 2 is 1.61 bits per heavy atom. The normalized spacial score (nSPS) is 31.9. The van der Waals surface area contributed by atoms with Crippen molar-refractivity contribution in [2.75, 3.05) is 5.32 Å². The van der Waals surface area contributed by atoms with E-state index in [1.165, 1.54) is 4.90 Å². The number of hydrogen-bond donors (Lipinski definition) is 1. The van der Waals surface area contributed by atoms with E-state index in [0.717, 1.165) is 12.0 Å². The highest BCUT2D eigenvalue weighted by atomic mass is 35.5. The van der Waals surface area contributed by atoms with Gasteiger partial charge in [0.05, 0.1) is 22.5 Å². The molecule has 5 nitrogen and oxygen atoms in total. The van der Waals surface area contributed by atoms with Crippen molar-refractivity contribution in [1.82, 2.24) is 4.90 Å². The molecule has 4 aliphatic carbocycles. The van der Waals surface area contributed by atoms with Gasteiger partial charge >= 0.3 is 0 Å². The third kappa shape index (κ3) is 3.32. The number of nitrogens with one attached hydrogen (secondary N) is 1. The van der Waals surface area contributed by atoms with Gasteiger partial charge in [-0.15, -0.1) is 0 Å². The molecular weight excluding hydrogens is 459 g/mol. The topological polar surface area (TPSA) is 66.5 Å². The number of anilines is 1. The summed E-state index contributed by atoms with van der Waals surface area (Å²) < 4.78 is 0. The molecule has 168 valence electrons. The van der Waals surface area contributed by atoms with E-state index in [1.807, 2.05) is 30.3 Å². The zero-order chi connectivity index (χ0) is 22.9. The first-order chi connectivity index (χ1) is 15.9. The number of halogens is 2. The molecule has 0 unspecified atom stereocenters. The second kappa shape index (κ2) is 7.71. The van der Waals surface area contributed by atoms with E-state index < -0.39 is 11.9 Å². The van der Waals surface area contributed by atoms with Crippen molar-refractivity contribution < 1.29 is 14.4 Å². The summed E-state index contributed by atoms with van der Waals surface area (Å²) in [5.74, 6) is -0.369. The molecule has 0 aromatic heterocycles. The molecule has 7 rings (SSSR count). The summed E-state index contributed by atoms with van der Waals surface area (Å²) >= 11 is 12.3. The molecule has 3 fully saturated rings. The summed E-state index contributed by atoms with van der Waals surface area (Å²) in [6.45, 7) is 0. The van der Waals surface area contributed by atoms with Crippen LogP contribution in [0.25, 0.3) is 0 Å². The highest BCUT2D eigenvalue weighted by Crippen LogP contribution is 2.65. The minimum Gasteiger partial charge on any atom is -0.323 e. The Labute approximate surface area is 201 Å². The van der Waals surface area contributed by atoms with Gasteiger partial charge in [-0.1, -0.05) is 65.7 Å². The van der Waals surface area contributed by atoms with Crippen molar-refractivity contribution >= 4 is 46.6 Å². The predicted molar refractivity (Wildman–Crippen MR) is 126 cm³/mol. The summed E-state index contributed by atoms with van der Waals surface area (Å²) in [7, 11) is 0. The molecule has 1 N–H and O–H groups in total. The molecule has 1 saturated heterocycles. The van der Waals surface area contributed by atoms with E-state index >= 15 is 0 Å². The van der Waals surface area contributed by atoms with Crippen molar-refractivity contribution in [2.24, 2.45) is 35.5 Å². The lowest BCUT2D eigenvalue weighted by molar-refractivity contribution is -0.146. The van der Waals surface area contributed by atoms with Crippen LogP contribution >= 0.6 is 23.2 Å².